The van der Waals surface area contributed by atoms with E-state index >= 15 is 8.78 Å². The van der Waals surface area contributed by atoms with Crippen LogP contribution >= 0.6 is 22.9 Å². The van der Waals surface area contributed by atoms with Crippen molar-refractivity contribution in [2.24, 2.45) is 0 Å². The second kappa shape index (κ2) is 15.2. The predicted octanol–water partition coefficient (Wildman–Crippen LogP) is 7.27. The molecule has 2 aromatic heterocycles. The Kier molecular flexibility index (Phi) is 11.0. The lowest BCUT2D eigenvalue weighted by Crippen LogP contribution is -2.57. The number of thiazole rings is 1. The predicted molar refractivity (Wildman–Crippen MR) is 215 cm³/mol. The SMILES string of the molecule is CC(CN1CCS(=O)(=O)CC1)Oc1nc(N2CC3CCC(C2)N3C(=O)OC(C)(C)C)c2cc(Cl)c(-c3ccc(F)c4sc(NC(=O)OC(C)(C)C)nc34)c(F)c2n1. The normalized spacial score (nSPS) is 20.5. The zero-order valence-corrected chi connectivity index (χ0v) is 35.2. The summed E-state index contributed by atoms with van der Waals surface area (Å²) in [5.41, 5.74) is -1.40. The summed E-state index contributed by atoms with van der Waals surface area (Å²) in [6, 6.07) is 3.63. The smallest absolute Gasteiger partial charge is 0.413 e. The summed E-state index contributed by atoms with van der Waals surface area (Å²) in [7, 11) is -3.08. The number of sulfone groups is 1. The lowest BCUT2D eigenvalue weighted by Gasteiger charge is -2.42. The minimum Gasteiger partial charge on any atom is -0.459 e. The van der Waals surface area contributed by atoms with Crippen molar-refractivity contribution in [2.75, 3.05) is 54.4 Å². The maximum absolute atomic E-state index is 17.3. The van der Waals surface area contributed by atoms with Gasteiger partial charge in [0.15, 0.2) is 20.8 Å². The number of hydrogen-bond donors (Lipinski definition) is 1. The molecule has 14 nitrogen and oxygen atoms in total. The Balaban J connectivity index is 1.28. The van der Waals surface area contributed by atoms with Crippen LogP contribution in [0.3, 0.4) is 0 Å². The number of carbonyl (C=O) groups is 2. The molecule has 2 amide bonds. The largest absolute Gasteiger partial charge is 0.459 e. The second-order valence-corrected chi connectivity index (χ2v) is 20.5. The highest BCUT2D eigenvalue weighted by Gasteiger charge is 2.45. The molecule has 0 aliphatic carbocycles. The molecule has 3 fully saturated rings. The van der Waals surface area contributed by atoms with Gasteiger partial charge in [-0.2, -0.15) is 9.97 Å². The molecule has 0 radical (unpaired) electrons. The van der Waals surface area contributed by atoms with Crippen LogP contribution in [0.2, 0.25) is 5.02 Å². The second-order valence-electron chi connectivity index (χ2n) is 16.8. The molecule has 2 aromatic carbocycles. The van der Waals surface area contributed by atoms with Gasteiger partial charge in [0.25, 0.3) is 0 Å². The van der Waals surface area contributed by atoms with Crippen LogP contribution in [0.4, 0.5) is 29.3 Å². The van der Waals surface area contributed by atoms with Crippen molar-refractivity contribution in [1.29, 1.82) is 0 Å². The van der Waals surface area contributed by atoms with Crippen LogP contribution in [0.15, 0.2) is 18.2 Å². The first-order chi connectivity index (χ1) is 26.6. The van der Waals surface area contributed by atoms with Gasteiger partial charge in [-0.3, -0.25) is 15.1 Å². The fourth-order valence-electron chi connectivity index (χ4n) is 7.52. The lowest BCUT2D eigenvalue weighted by molar-refractivity contribution is 0.0122. The van der Waals surface area contributed by atoms with E-state index in [1.165, 1.54) is 12.1 Å². The Hall–Kier alpha value is -4.13. The molecule has 0 spiro atoms. The fraction of sp³-hybridized carbons (Fsp3) is 0.553. The van der Waals surface area contributed by atoms with Crippen molar-refractivity contribution in [1.82, 2.24) is 24.8 Å². The van der Waals surface area contributed by atoms with E-state index in [0.717, 1.165) is 24.2 Å². The molecule has 3 aliphatic heterocycles. The summed E-state index contributed by atoms with van der Waals surface area (Å²) < 4.78 is 73.9. The molecule has 5 heterocycles. The van der Waals surface area contributed by atoms with Crippen molar-refractivity contribution < 1.29 is 41.0 Å². The van der Waals surface area contributed by atoms with Crippen LogP contribution in [-0.4, -0.2) is 119 Å². The molecule has 3 atom stereocenters. The number of benzene rings is 2. The molecule has 3 unspecified atom stereocenters. The van der Waals surface area contributed by atoms with Crippen molar-refractivity contribution in [3.8, 4) is 17.1 Å². The van der Waals surface area contributed by atoms with Gasteiger partial charge in [0.05, 0.1) is 38.8 Å². The van der Waals surface area contributed by atoms with Gasteiger partial charge < -0.3 is 19.1 Å². The summed E-state index contributed by atoms with van der Waals surface area (Å²) in [5, 5.41) is 2.87. The van der Waals surface area contributed by atoms with Crippen LogP contribution in [0.25, 0.3) is 32.2 Å². The Morgan fingerprint density at radius 1 is 0.982 bits per heavy atom. The number of rotatable bonds is 7. The summed E-state index contributed by atoms with van der Waals surface area (Å²) in [6.07, 6.45) is -0.188. The van der Waals surface area contributed by atoms with E-state index in [0.29, 0.717) is 43.9 Å². The Morgan fingerprint density at radius 2 is 1.63 bits per heavy atom. The lowest BCUT2D eigenvalue weighted by atomic mass is 10.0. The van der Waals surface area contributed by atoms with E-state index in [-0.39, 0.29) is 72.7 Å². The average Bonchev–Trinajstić information content (AvgIpc) is 3.63. The van der Waals surface area contributed by atoms with Crippen molar-refractivity contribution >= 4 is 77.0 Å². The molecule has 57 heavy (non-hydrogen) atoms. The van der Waals surface area contributed by atoms with E-state index in [1.54, 1.807) is 38.7 Å². The first-order valence-corrected chi connectivity index (χ1v) is 21.8. The van der Waals surface area contributed by atoms with Crippen molar-refractivity contribution in [3.05, 3.63) is 34.9 Å². The van der Waals surface area contributed by atoms with E-state index in [1.807, 2.05) is 30.6 Å². The number of halogens is 3. The van der Waals surface area contributed by atoms with Gasteiger partial charge >= 0.3 is 18.2 Å². The number of anilines is 2. The van der Waals surface area contributed by atoms with E-state index in [4.69, 9.17) is 30.8 Å². The molecule has 2 bridgehead atoms. The number of fused-ring (bicyclic) bond motifs is 4. The van der Waals surface area contributed by atoms with Gasteiger partial charge in [-0.15, -0.1) is 0 Å². The van der Waals surface area contributed by atoms with Crippen molar-refractivity contribution in [2.45, 2.75) is 90.7 Å². The first-order valence-electron chi connectivity index (χ1n) is 18.8. The number of carbonyl (C=O) groups excluding carboxylic acids is 2. The van der Waals surface area contributed by atoms with Crippen LogP contribution < -0.4 is 15.0 Å². The average molecular weight is 850 g/mol. The number of hydrogen-bond acceptors (Lipinski definition) is 13. The van der Waals surface area contributed by atoms with Gasteiger partial charge in [-0.05, 0) is 79.5 Å². The molecule has 1 N–H and O–H groups in total. The zero-order chi connectivity index (χ0) is 41.2. The number of piperazine rings is 1. The highest BCUT2D eigenvalue weighted by atomic mass is 35.5. The molecule has 3 aliphatic rings. The first kappa shape index (κ1) is 41.0. The van der Waals surface area contributed by atoms with E-state index in [2.05, 4.69) is 15.3 Å². The van der Waals surface area contributed by atoms with Gasteiger partial charge in [0.2, 0.25) is 0 Å². The van der Waals surface area contributed by atoms with Gasteiger partial charge in [-0.25, -0.2) is 31.8 Å². The summed E-state index contributed by atoms with van der Waals surface area (Å²) in [4.78, 5) is 45.4. The Labute approximate surface area is 338 Å². The summed E-state index contributed by atoms with van der Waals surface area (Å²) in [6.45, 7) is 14.3. The highest BCUT2D eigenvalue weighted by molar-refractivity contribution is 7.91. The van der Waals surface area contributed by atoms with E-state index in [9.17, 15) is 18.0 Å². The third-order valence-corrected chi connectivity index (χ3v) is 12.7. The quantitative estimate of drug-likeness (QED) is 0.199. The van der Waals surface area contributed by atoms with Gasteiger partial charge in [-0.1, -0.05) is 22.9 Å². The standard InChI is InChI=1S/C38H46ClF2N7O7S2/c1-20(17-46-12-14-57(51,52)15-13-46)53-33-42-29-24(32(44-33)47-18-21-8-9-22(19-47)48(21)36(50)55-38(5,6)7)16-25(39)27(28(29)41)23-10-11-26(40)31-30(23)43-34(56-31)45-35(49)54-37(2,3)4/h10-11,16,20-22H,8-9,12-15,17-19H2,1-7H3,(H,43,45,49). The van der Waals surface area contributed by atoms with Crippen LogP contribution in [0, 0.1) is 11.6 Å². The van der Waals surface area contributed by atoms with Gasteiger partial charge in [0.1, 0.15) is 34.5 Å². The number of amides is 2. The molecule has 19 heteroatoms. The van der Waals surface area contributed by atoms with E-state index < -0.39 is 44.9 Å². The van der Waals surface area contributed by atoms with Crippen LogP contribution in [0.5, 0.6) is 6.01 Å². The maximum atomic E-state index is 17.3. The minimum atomic E-state index is -3.08. The Bertz CT molecular complexity index is 2320. The number of ether oxygens (including phenoxy) is 3. The van der Waals surface area contributed by atoms with Crippen LogP contribution in [-0.2, 0) is 19.3 Å². The molecular weight excluding hydrogens is 804 g/mol. The topological polar surface area (TPSA) is 156 Å². The van der Waals surface area contributed by atoms with Crippen molar-refractivity contribution in [3.63, 3.8) is 0 Å². The van der Waals surface area contributed by atoms with Gasteiger partial charge in [0, 0.05) is 49.2 Å². The Morgan fingerprint density at radius 3 is 2.26 bits per heavy atom. The van der Waals surface area contributed by atoms with Crippen LogP contribution in [0.1, 0.15) is 61.3 Å². The fourth-order valence-corrected chi connectivity index (χ4v) is 9.98. The molecule has 4 aromatic rings. The molecule has 3 saturated heterocycles. The summed E-state index contributed by atoms with van der Waals surface area (Å²) >= 11 is 7.80. The molecule has 308 valence electrons. The minimum absolute atomic E-state index is 0.00939. The third kappa shape index (κ3) is 8.98. The maximum Gasteiger partial charge on any atom is 0.413 e. The molecule has 7 rings (SSSR count). The monoisotopic (exact) mass is 849 g/mol. The molecular formula is C38H46ClF2N7O7S2. The summed E-state index contributed by atoms with van der Waals surface area (Å²) in [5.74, 6) is -0.978. The highest BCUT2D eigenvalue weighted by Crippen LogP contribution is 2.44. The number of nitrogens with zero attached hydrogens (tertiary/aromatic N) is 6. The molecule has 0 saturated carbocycles. The third-order valence-electron chi connectivity index (χ3n) is 9.86. The number of nitrogens with one attached hydrogen (secondary N) is 1. The zero-order valence-electron chi connectivity index (χ0n) is 32.8. The number of aromatic nitrogens is 3.